The summed E-state index contributed by atoms with van der Waals surface area (Å²) in [6.07, 6.45) is 0.367. The number of amides is 1. The summed E-state index contributed by atoms with van der Waals surface area (Å²) in [5.74, 6) is 0.0183. The van der Waals surface area contributed by atoms with Crippen LogP contribution < -0.4 is 5.32 Å². The molecule has 110 valence electrons. The van der Waals surface area contributed by atoms with E-state index in [-0.39, 0.29) is 11.9 Å². The fourth-order valence-corrected chi connectivity index (χ4v) is 2.60. The minimum Gasteiger partial charge on any atom is -0.349 e. The average molecular weight is 302 g/mol. The number of halogens is 1. The third kappa shape index (κ3) is 4.33. The van der Waals surface area contributed by atoms with E-state index in [1.165, 1.54) is 11.1 Å². The highest BCUT2D eigenvalue weighted by molar-refractivity contribution is 6.30. The average Bonchev–Trinajstić information content (AvgIpc) is 2.41. The lowest BCUT2D eigenvalue weighted by Crippen LogP contribution is -2.28. The summed E-state index contributed by atoms with van der Waals surface area (Å²) in [6.45, 7) is 6.15. The maximum atomic E-state index is 12.1. The van der Waals surface area contributed by atoms with Crippen LogP contribution >= 0.6 is 11.6 Å². The standard InChI is InChI=1S/C18H20ClNO/c1-12-4-9-17(13(2)10-12)14(3)20-18(21)11-15-5-7-16(19)8-6-15/h4-10,14H,11H2,1-3H3,(H,20,21)/t14-/m1/s1. The van der Waals surface area contributed by atoms with Gasteiger partial charge in [0.1, 0.15) is 0 Å². The zero-order valence-electron chi connectivity index (χ0n) is 12.6. The van der Waals surface area contributed by atoms with Gasteiger partial charge in [-0.1, -0.05) is 47.5 Å². The molecule has 0 spiro atoms. The molecule has 2 rings (SSSR count). The smallest absolute Gasteiger partial charge is 0.224 e. The second-order valence-corrected chi connectivity index (χ2v) is 5.89. The highest BCUT2D eigenvalue weighted by Crippen LogP contribution is 2.19. The quantitative estimate of drug-likeness (QED) is 0.892. The van der Waals surface area contributed by atoms with Gasteiger partial charge in [0.05, 0.1) is 12.5 Å². The number of hydrogen-bond acceptors (Lipinski definition) is 1. The molecule has 0 unspecified atom stereocenters. The molecule has 0 aromatic heterocycles. The molecule has 2 nitrogen and oxygen atoms in total. The zero-order chi connectivity index (χ0) is 15.4. The summed E-state index contributed by atoms with van der Waals surface area (Å²) in [6, 6.07) is 13.7. The van der Waals surface area contributed by atoms with Crippen LogP contribution in [0.25, 0.3) is 0 Å². The van der Waals surface area contributed by atoms with Crippen LogP contribution in [-0.2, 0) is 11.2 Å². The Morgan fingerprint density at radius 2 is 1.81 bits per heavy atom. The molecule has 0 aliphatic rings. The van der Waals surface area contributed by atoms with Crippen molar-refractivity contribution in [3.63, 3.8) is 0 Å². The Bertz CT molecular complexity index is 634. The summed E-state index contributed by atoms with van der Waals surface area (Å²) in [5, 5.41) is 3.73. The second-order valence-electron chi connectivity index (χ2n) is 5.45. The maximum absolute atomic E-state index is 12.1. The van der Waals surface area contributed by atoms with Crippen LogP contribution in [0.5, 0.6) is 0 Å². The Morgan fingerprint density at radius 3 is 2.43 bits per heavy atom. The van der Waals surface area contributed by atoms with E-state index in [1.54, 1.807) is 12.1 Å². The van der Waals surface area contributed by atoms with Crippen LogP contribution in [-0.4, -0.2) is 5.91 Å². The fourth-order valence-electron chi connectivity index (χ4n) is 2.47. The lowest BCUT2D eigenvalue weighted by Gasteiger charge is -2.17. The van der Waals surface area contributed by atoms with Crippen molar-refractivity contribution in [2.24, 2.45) is 0 Å². The number of carbonyl (C=O) groups is 1. The highest BCUT2D eigenvalue weighted by Gasteiger charge is 2.12. The molecule has 0 radical (unpaired) electrons. The predicted molar refractivity (Wildman–Crippen MR) is 87.6 cm³/mol. The Hall–Kier alpha value is -1.80. The summed E-state index contributed by atoms with van der Waals surface area (Å²) >= 11 is 5.84. The van der Waals surface area contributed by atoms with Gasteiger partial charge in [-0.15, -0.1) is 0 Å². The number of benzene rings is 2. The van der Waals surface area contributed by atoms with Crippen LogP contribution in [0, 0.1) is 13.8 Å². The van der Waals surface area contributed by atoms with E-state index in [0.717, 1.165) is 11.1 Å². The van der Waals surface area contributed by atoms with E-state index < -0.39 is 0 Å². The Labute approximate surface area is 131 Å². The molecule has 0 saturated carbocycles. The third-order valence-electron chi connectivity index (χ3n) is 3.55. The largest absolute Gasteiger partial charge is 0.349 e. The lowest BCUT2D eigenvalue weighted by molar-refractivity contribution is -0.121. The normalized spacial score (nSPS) is 12.0. The molecule has 2 aromatic carbocycles. The van der Waals surface area contributed by atoms with Crippen LogP contribution in [0.2, 0.25) is 5.02 Å². The molecular formula is C18H20ClNO. The van der Waals surface area contributed by atoms with E-state index in [9.17, 15) is 4.79 Å². The number of carbonyl (C=O) groups excluding carboxylic acids is 1. The summed E-state index contributed by atoms with van der Waals surface area (Å²) in [4.78, 5) is 12.1. The van der Waals surface area contributed by atoms with E-state index in [1.807, 2.05) is 19.1 Å². The molecule has 0 aliphatic heterocycles. The highest BCUT2D eigenvalue weighted by atomic mass is 35.5. The second kappa shape index (κ2) is 6.77. The molecule has 1 amide bonds. The van der Waals surface area contributed by atoms with Crippen LogP contribution in [0.3, 0.4) is 0 Å². The molecule has 3 heteroatoms. The zero-order valence-corrected chi connectivity index (χ0v) is 13.4. The molecule has 0 fully saturated rings. The first kappa shape index (κ1) is 15.6. The van der Waals surface area contributed by atoms with E-state index in [0.29, 0.717) is 11.4 Å². The predicted octanol–water partition coefficient (Wildman–Crippen LogP) is 4.38. The molecule has 21 heavy (non-hydrogen) atoms. The lowest BCUT2D eigenvalue weighted by atomic mass is 10.00. The monoisotopic (exact) mass is 301 g/mol. The molecule has 0 bridgehead atoms. The molecule has 0 saturated heterocycles. The topological polar surface area (TPSA) is 29.1 Å². The maximum Gasteiger partial charge on any atom is 0.224 e. The Morgan fingerprint density at radius 1 is 1.14 bits per heavy atom. The van der Waals surface area contributed by atoms with Crippen molar-refractivity contribution in [2.45, 2.75) is 33.2 Å². The van der Waals surface area contributed by atoms with Gasteiger partial charge in [-0.2, -0.15) is 0 Å². The first-order valence-electron chi connectivity index (χ1n) is 7.06. The van der Waals surface area contributed by atoms with Gasteiger partial charge in [0.15, 0.2) is 0 Å². The summed E-state index contributed by atoms with van der Waals surface area (Å²) in [5.41, 5.74) is 4.56. The summed E-state index contributed by atoms with van der Waals surface area (Å²) < 4.78 is 0. The van der Waals surface area contributed by atoms with Gasteiger partial charge in [-0.3, -0.25) is 4.79 Å². The molecule has 0 heterocycles. The van der Waals surface area contributed by atoms with Crippen molar-refractivity contribution in [3.8, 4) is 0 Å². The number of nitrogens with one attached hydrogen (secondary N) is 1. The van der Waals surface area contributed by atoms with Gasteiger partial charge in [-0.05, 0) is 49.6 Å². The van der Waals surface area contributed by atoms with Crippen molar-refractivity contribution in [1.29, 1.82) is 0 Å². The molecule has 1 atom stereocenters. The minimum atomic E-state index is 0.00500. The molecule has 2 aromatic rings. The Kier molecular flexibility index (Phi) is 5.03. The first-order chi connectivity index (χ1) is 9.95. The third-order valence-corrected chi connectivity index (χ3v) is 3.80. The van der Waals surface area contributed by atoms with Crippen LogP contribution in [0.15, 0.2) is 42.5 Å². The van der Waals surface area contributed by atoms with Gasteiger partial charge in [-0.25, -0.2) is 0 Å². The van der Waals surface area contributed by atoms with Gasteiger partial charge in [0.2, 0.25) is 5.91 Å². The van der Waals surface area contributed by atoms with Gasteiger partial charge in [0.25, 0.3) is 0 Å². The van der Waals surface area contributed by atoms with E-state index >= 15 is 0 Å². The molecule has 1 N–H and O–H groups in total. The van der Waals surface area contributed by atoms with Crippen molar-refractivity contribution in [3.05, 3.63) is 69.7 Å². The minimum absolute atomic E-state index is 0.00500. The Balaban J connectivity index is 2.00. The van der Waals surface area contributed by atoms with Crippen molar-refractivity contribution in [1.82, 2.24) is 5.32 Å². The summed E-state index contributed by atoms with van der Waals surface area (Å²) in [7, 11) is 0. The molecule has 0 aliphatic carbocycles. The van der Waals surface area contributed by atoms with Crippen LogP contribution in [0.4, 0.5) is 0 Å². The SMILES string of the molecule is Cc1ccc([C@@H](C)NC(=O)Cc2ccc(Cl)cc2)c(C)c1. The number of rotatable bonds is 4. The number of hydrogen-bond donors (Lipinski definition) is 1. The van der Waals surface area contributed by atoms with E-state index in [4.69, 9.17) is 11.6 Å². The fraction of sp³-hybridized carbons (Fsp3) is 0.278. The molecular weight excluding hydrogens is 282 g/mol. The van der Waals surface area contributed by atoms with E-state index in [2.05, 4.69) is 37.4 Å². The number of aryl methyl sites for hydroxylation is 2. The van der Waals surface area contributed by atoms with Crippen LogP contribution in [0.1, 0.15) is 35.2 Å². The van der Waals surface area contributed by atoms with Gasteiger partial charge < -0.3 is 5.32 Å². The van der Waals surface area contributed by atoms with Gasteiger partial charge in [0, 0.05) is 5.02 Å². The van der Waals surface area contributed by atoms with Crippen molar-refractivity contribution in [2.75, 3.05) is 0 Å². The van der Waals surface area contributed by atoms with Gasteiger partial charge >= 0.3 is 0 Å². The first-order valence-corrected chi connectivity index (χ1v) is 7.44. The van der Waals surface area contributed by atoms with Crippen molar-refractivity contribution < 1.29 is 4.79 Å². The van der Waals surface area contributed by atoms with Crippen molar-refractivity contribution >= 4 is 17.5 Å².